The largest absolute Gasteiger partial charge is 0.471 e. The van der Waals surface area contributed by atoms with Gasteiger partial charge in [-0.05, 0) is 19.8 Å². The lowest BCUT2D eigenvalue weighted by molar-refractivity contribution is 0.0593. The fraction of sp³-hybridized carbons (Fsp3) is 0.583. The monoisotopic (exact) mass is 251 g/mol. The topological polar surface area (TPSA) is 64.5 Å². The van der Waals surface area contributed by atoms with Crippen LogP contribution < -0.4 is 4.74 Å². The van der Waals surface area contributed by atoms with Gasteiger partial charge >= 0.3 is 6.09 Å². The van der Waals surface area contributed by atoms with Crippen LogP contribution in [0.2, 0.25) is 0 Å². The van der Waals surface area contributed by atoms with Gasteiger partial charge in [-0.1, -0.05) is 0 Å². The zero-order valence-electron chi connectivity index (χ0n) is 10.4. The molecule has 0 spiro atoms. The number of ether oxygens (including phenoxy) is 2. The first kappa shape index (κ1) is 12.6. The van der Waals surface area contributed by atoms with Crippen LogP contribution in [-0.2, 0) is 4.74 Å². The SMILES string of the molecule is CCOC(=O)N1CCCC(Oc2cnccn2)C1. The van der Waals surface area contributed by atoms with Crippen LogP contribution in [0.5, 0.6) is 5.88 Å². The maximum absolute atomic E-state index is 11.6. The van der Waals surface area contributed by atoms with E-state index in [4.69, 9.17) is 9.47 Å². The lowest BCUT2D eigenvalue weighted by Crippen LogP contribution is -2.44. The summed E-state index contributed by atoms with van der Waals surface area (Å²) in [7, 11) is 0. The first-order chi connectivity index (χ1) is 8.79. The van der Waals surface area contributed by atoms with Crippen LogP contribution in [0.4, 0.5) is 4.79 Å². The van der Waals surface area contributed by atoms with E-state index in [2.05, 4.69) is 9.97 Å². The molecule has 1 aromatic heterocycles. The van der Waals surface area contributed by atoms with E-state index in [1.165, 1.54) is 0 Å². The highest BCUT2D eigenvalue weighted by Gasteiger charge is 2.25. The van der Waals surface area contributed by atoms with Crippen LogP contribution in [0.3, 0.4) is 0 Å². The summed E-state index contributed by atoms with van der Waals surface area (Å²) in [5.74, 6) is 0.494. The van der Waals surface area contributed by atoms with Gasteiger partial charge in [-0.25, -0.2) is 9.78 Å². The number of rotatable bonds is 3. The third-order valence-corrected chi connectivity index (χ3v) is 2.73. The highest BCUT2D eigenvalue weighted by molar-refractivity contribution is 5.67. The molecule has 2 heterocycles. The van der Waals surface area contributed by atoms with Crippen molar-refractivity contribution >= 4 is 6.09 Å². The van der Waals surface area contributed by atoms with E-state index in [-0.39, 0.29) is 12.2 Å². The third kappa shape index (κ3) is 3.32. The molecule has 18 heavy (non-hydrogen) atoms. The maximum atomic E-state index is 11.6. The number of piperidine rings is 1. The first-order valence-corrected chi connectivity index (χ1v) is 6.14. The van der Waals surface area contributed by atoms with Gasteiger partial charge in [-0.2, -0.15) is 0 Å². The summed E-state index contributed by atoms with van der Waals surface area (Å²) in [5, 5.41) is 0. The Morgan fingerprint density at radius 1 is 1.56 bits per heavy atom. The molecule has 0 bridgehead atoms. The van der Waals surface area contributed by atoms with Crippen molar-refractivity contribution in [2.24, 2.45) is 0 Å². The van der Waals surface area contributed by atoms with Gasteiger partial charge in [0.05, 0.1) is 19.3 Å². The molecule has 1 aliphatic rings. The van der Waals surface area contributed by atoms with E-state index >= 15 is 0 Å². The number of hydrogen-bond acceptors (Lipinski definition) is 5. The molecular weight excluding hydrogens is 234 g/mol. The van der Waals surface area contributed by atoms with Crippen molar-refractivity contribution in [1.82, 2.24) is 14.9 Å². The lowest BCUT2D eigenvalue weighted by atomic mass is 10.1. The van der Waals surface area contributed by atoms with Gasteiger partial charge in [-0.15, -0.1) is 0 Å². The zero-order chi connectivity index (χ0) is 12.8. The summed E-state index contributed by atoms with van der Waals surface area (Å²) in [4.78, 5) is 21.3. The second-order valence-corrected chi connectivity index (χ2v) is 4.07. The molecule has 0 radical (unpaired) electrons. The highest BCUT2D eigenvalue weighted by Crippen LogP contribution is 2.16. The normalized spacial score (nSPS) is 19.4. The molecule has 1 aliphatic heterocycles. The molecular formula is C12H17N3O3. The standard InChI is InChI=1S/C12H17N3O3/c1-2-17-12(16)15-7-3-4-10(9-15)18-11-8-13-5-6-14-11/h5-6,8,10H,2-4,7,9H2,1H3. The van der Waals surface area contributed by atoms with Crippen LogP contribution in [0, 0.1) is 0 Å². The Hall–Kier alpha value is -1.85. The molecule has 1 atom stereocenters. The summed E-state index contributed by atoms with van der Waals surface area (Å²) < 4.78 is 10.7. The van der Waals surface area contributed by atoms with Crippen LogP contribution in [-0.4, -0.2) is 46.8 Å². The van der Waals surface area contributed by atoms with Gasteiger partial charge in [0.25, 0.3) is 0 Å². The average molecular weight is 251 g/mol. The molecule has 0 aromatic carbocycles. The molecule has 6 nitrogen and oxygen atoms in total. The van der Waals surface area contributed by atoms with Crippen LogP contribution in [0.25, 0.3) is 0 Å². The van der Waals surface area contributed by atoms with E-state index in [0.717, 1.165) is 19.4 Å². The van der Waals surface area contributed by atoms with Gasteiger partial charge in [0.15, 0.2) is 0 Å². The van der Waals surface area contributed by atoms with Crippen molar-refractivity contribution in [3.05, 3.63) is 18.6 Å². The summed E-state index contributed by atoms with van der Waals surface area (Å²) in [6.07, 6.45) is 6.25. The Morgan fingerprint density at radius 3 is 3.17 bits per heavy atom. The molecule has 0 N–H and O–H groups in total. The van der Waals surface area contributed by atoms with E-state index < -0.39 is 0 Å². The Balaban J connectivity index is 1.89. The summed E-state index contributed by atoms with van der Waals surface area (Å²) in [6.45, 7) is 3.45. The van der Waals surface area contributed by atoms with Gasteiger partial charge in [0.2, 0.25) is 5.88 Å². The van der Waals surface area contributed by atoms with Crippen molar-refractivity contribution in [1.29, 1.82) is 0 Å². The predicted molar refractivity (Wildman–Crippen MR) is 64.3 cm³/mol. The third-order valence-electron chi connectivity index (χ3n) is 2.73. The Kier molecular flexibility index (Phi) is 4.33. The van der Waals surface area contributed by atoms with Crippen molar-refractivity contribution in [3.63, 3.8) is 0 Å². The molecule has 1 aromatic rings. The molecule has 0 saturated carbocycles. The average Bonchev–Trinajstić information content (AvgIpc) is 2.40. The fourth-order valence-electron chi connectivity index (χ4n) is 1.93. The van der Waals surface area contributed by atoms with Crippen LogP contribution in [0.1, 0.15) is 19.8 Å². The molecule has 1 fully saturated rings. The molecule has 6 heteroatoms. The van der Waals surface area contributed by atoms with Gasteiger partial charge in [-0.3, -0.25) is 4.98 Å². The number of carbonyl (C=O) groups excluding carboxylic acids is 1. The van der Waals surface area contributed by atoms with E-state index in [9.17, 15) is 4.79 Å². The van der Waals surface area contributed by atoms with Gasteiger partial charge in [0.1, 0.15) is 6.10 Å². The zero-order valence-corrected chi connectivity index (χ0v) is 10.4. The minimum Gasteiger partial charge on any atom is -0.471 e. The number of hydrogen-bond donors (Lipinski definition) is 0. The van der Waals surface area contributed by atoms with Crippen molar-refractivity contribution in [2.45, 2.75) is 25.9 Å². The molecule has 2 rings (SSSR count). The van der Waals surface area contributed by atoms with Crippen molar-refractivity contribution in [2.75, 3.05) is 19.7 Å². The van der Waals surface area contributed by atoms with Crippen molar-refractivity contribution in [3.8, 4) is 5.88 Å². The number of nitrogens with zero attached hydrogens (tertiary/aromatic N) is 3. The quantitative estimate of drug-likeness (QED) is 0.814. The minimum atomic E-state index is -0.273. The second-order valence-electron chi connectivity index (χ2n) is 4.07. The number of aromatic nitrogens is 2. The van der Waals surface area contributed by atoms with E-state index in [0.29, 0.717) is 19.0 Å². The number of carbonyl (C=O) groups is 1. The second kappa shape index (κ2) is 6.18. The van der Waals surface area contributed by atoms with Gasteiger partial charge in [0, 0.05) is 18.9 Å². The molecule has 0 aliphatic carbocycles. The Labute approximate surface area is 106 Å². The summed E-state index contributed by atoms with van der Waals surface area (Å²) in [6, 6.07) is 0. The molecule has 1 amide bonds. The smallest absolute Gasteiger partial charge is 0.409 e. The molecule has 1 unspecified atom stereocenters. The number of likely N-dealkylation sites (tertiary alicyclic amines) is 1. The fourth-order valence-corrected chi connectivity index (χ4v) is 1.93. The molecule has 98 valence electrons. The van der Waals surface area contributed by atoms with E-state index in [1.54, 1.807) is 30.4 Å². The lowest BCUT2D eigenvalue weighted by Gasteiger charge is -2.31. The summed E-state index contributed by atoms with van der Waals surface area (Å²) >= 11 is 0. The minimum absolute atomic E-state index is 0.0418. The van der Waals surface area contributed by atoms with Crippen molar-refractivity contribution < 1.29 is 14.3 Å². The predicted octanol–water partition coefficient (Wildman–Crippen LogP) is 1.48. The molecule has 1 saturated heterocycles. The maximum Gasteiger partial charge on any atom is 0.409 e. The first-order valence-electron chi connectivity index (χ1n) is 6.14. The van der Waals surface area contributed by atoms with Crippen LogP contribution >= 0.6 is 0 Å². The van der Waals surface area contributed by atoms with E-state index in [1.807, 2.05) is 0 Å². The highest BCUT2D eigenvalue weighted by atomic mass is 16.6. The number of amides is 1. The Bertz CT molecular complexity index is 385. The Morgan fingerprint density at radius 2 is 2.44 bits per heavy atom. The van der Waals surface area contributed by atoms with Crippen LogP contribution in [0.15, 0.2) is 18.6 Å². The summed E-state index contributed by atoms with van der Waals surface area (Å²) in [5.41, 5.74) is 0. The van der Waals surface area contributed by atoms with Gasteiger partial charge < -0.3 is 14.4 Å².